The Hall–Kier alpha value is -1.29. The van der Waals surface area contributed by atoms with Gasteiger partial charge in [0.05, 0.1) is 22.4 Å². The van der Waals surface area contributed by atoms with E-state index >= 15 is 0 Å². The fourth-order valence-electron chi connectivity index (χ4n) is 2.19. The third-order valence-corrected chi connectivity index (χ3v) is 4.26. The van der Waals surface area contributed by atoms with E-state index < -0.39 is 0 Å². The summed E-state index contributed by atoms with van der Waals surface area (Å²) in [5.74, 6) is 0. The van der Waals surface area contributed by atoms with Crippen LogP contribution in [-0.4, -0.2) is 9.78 Å². The normalized spacial score (nSPS) is 10.7. The summed E-state index contributed by atoms with van der Waals surface area (Å²) in [6, 6.07) is 8.44. The zero-order chi connectivity index (χ0) is 13.8. The lowest BCUT2D eigenvalue weighted by molar-refractivity contribution is 0.706. The van der Waals surface area contributed by atoms with E-state index in [0.29, 0.717) is 0 Å². The highest BCUT2D eigenvalue weighted by Gasteiger charge is 2.12. The molecule has 2 aromatic rings. The minimum Gasteiger partial charge on any atom is -0.379 e. The fourth-order valence-corrected chi connectivity index (χ4v) is 2.95. The molecular weight excluding hydrogens is 302 g/mol. The van der Waals surface area contributed by atoms with Crippen molar-refractivity contribution in [2.45, 2.75) is 33.2 Å². The van der Waals surface area contributed by atoms with E-state index in [4.69, 9.17) is 0 Å². The molecule has 0 saturated heterocycles. The van der Waals surface area contributed by atoms with Crippen LogP contribution in [0.1, 0.15) is 30.8 Å². The van der Waals surface area contributed by atoms with Gasteiger partial charge in [0.1, 0.15) is 0 Å². The Kier molecular flexibility index (Phi) is 4.64. The van der Waals surface area contributed by atoms with Gasteiger partial charge in [-0.05, 0) is 40.4 Å². The van der Waals surface area contributed by atoms with Gasteiger partial charge >= 0.3 is 0 Å². The highest BCUT2D eigenvalue weighted by Crippen LogP contribution is 2.23. The van der Waals surface area contributed by atoms with Crippen LogP contribution in [0.5, 0.6) is 0 Å². The van der Waals surface area contributed by atoms with Crippen molar-refractivity contribution in [1.29, 1.82) is 0 Å². The molecule has 1 heterocycles. The molecular formula is C15H20BrN3. The summed E-state index contributed by atoms with van der Waals surface area (Å²) in [5, 5.41) is 8.02. The van der Waals surface area contributed by atoms with Crippen LogP contribution in [0, 0.1) is 0 Å². The van der Waals surface area contributed by atoms with E-state index in [1.165, 1.54) is 16.9 Å². The van der Waals surface area contributed by atoms with E-state index in [1.807, 2.05) is 11.7 Å². The first-order valence-corrected chi connectivity index (χ1v) is 7.48. The molecule has 3 nitrogen and oxygen atoms in total. The zero-order valence-corrected chi connectivity index (χ0v) is 13.3. The Morgan fingerprint density at radius 2 is 1.95 bits per heavy atom. The third-order valence-electron chi connectivity index (χ3n) is 3.35. The number of rotatable bonds is 5. The molecule has 1 N–H and O–H groups in total. The molecule has 0 spiro atoms. The summed E-state index contributed by atoms with van der Waals surface area (Å²) in [6.45, 7) is 5.08. The Morgan fingerprint density at radius 1 is 1.21 bits per heavy atom. The Morgan fingerprint density at radius 3 is 2.58 bits per heavy atom. The van der Waals surface area contributed by atoms with Crippen molar-refractivity contribution in [2.75, 3.05) is 5.32 Å². The maximum Gasteiger partial charge on any atom is 0.0767 e. The van der Waals surface area contributed by atoms with Crippen LogP contribution in [0.15, 0.2) is 28.7 Å². The number of halogens is 1. The van der Waals surface area contributed by atoms with Gasteiger partial charge in [0.2, 0.25) is 0 Å². The van der Waals surface area contributed by atoms with Gasteiger partial charge in [-0.25, -0.2) is 0 Å². The average Bonchev–Trinajstić information content (AvgIpc) is 2.71. The van der Waals surface area contributed by atoms with Gasteiger partial charge in [-0.1, -0.05) is 32.0 Å². The van der Waals surface area contributed by atoms with Crippen LogP contribution in [0.3, 0.4) is 0 Å². The lowest BCUT2D eigenvalue weighted by Gasteiger charge is -2.11. The van der Waals surface area contributed by atoms with Gasteiger partial charge in [-0.15, -0.1) is 0 Å². The number of aromatic nitrogens is 2. The third kappa shape index (κ3) is 3.00. The molecule has 0 aliphatic carbocycles. The van der Waals surface area contributed by atoms with Crippen molar-refractivity contribution < 1.29 is 0 Å². The number of hydrogen-bond donors (Lipinski definition) is 1. The van der Waals surface area contributed by atoms with Crippen LogP contribution in [0.25, 0.3) is 0 Å². The van der Waals surface area contributed by atoms with Gasteiger partial charge < -0.3 is 5.32 Å². The van der Waals surface area contributed by atoms with E-state index in [-0.39, 0.29) is 0 Å². The number of nitrogens with zero attached hydrogens (tertiary/aromatic N) is 2. The highest BCUT2D eigenvalue weighted by atomic mass is 79.9. The maximum absolute atomic E-state index is 4.51. The summed E-state index contributed by atoms with van der Waals surface area (Å²) >= 11 is 3.65. The van der Waals surface area contributed by atoms with Crippen molar-refractivity contribution in [3.05, 3.63) is 45.7 Å². The molecule has 2 rings (SSSR count). The smallest absolute Gasteiger partial charge is 0.0767 e. The average molecular weight is 322 g/mol. The monoisotopic (exact) mass is 321 g/mol. The second kappa shape index (κ2) is 6.24. The number of para-hydroxylation sites is 1. The van der Waals surface area contributed by atoms with Crippen LogP contribution in [0.2, 0.25) is 0 Å². The summed E-state index contributed by atoms with van der Waals surface area (Å²) in [6.07, 6.45) is 1.98. The zero-order valence-electron chi connectivity index (χ0n) is 11.7. The fraction of sp³-hybridized carbons (Fsp3) is 0.400. The molecule has 0 atom stereocenters. The van der Waals surface area contributed by atoms with Gasteiger partial charge in [0.15, 0.2) is 0 Å². The van der Waals surface area contributed by atoms with E-state index in [2.05, 4.69) is 64.5 Å². The number of nitrogens with one attached hydrogen (secondary N) is 1. The molecule has 0 aliphatic rings. The topological polar surface area (TPSA) is 29.9 Å². The highest BCUT2D eigenvalue weighted by molar-refractivity contribution is 9.10. The molecule has 0 aliphatic heterocycles. The van der Waals surface area contributed by atoms with Gasteiger partial charge in [0, 0.05) is 12.7 Å². The second-order valence-electron chi connectivity index (χ2n) is 4.55. The Labute approximate surface area is 123 Å². The largest absolute Gasteiger partial charge is 0.379 e. The van der Waals surface area contributed by atoms with Crippen LogP contribution in [0.4, 0.5) is 5.69 Å². The van der Waals surface area contributed by atoms with Gasteiger partial charge in [-0.2, -0.15) is 5.10 Å². The van der Waals surface area contributed by atoms with Crippen molar-refractivity contribution in [3.63, 3.8) is 0 Å². The number of aryl methyl sites for hydroxylation is 3. The first-order chi connectivity index (χ1) is 9.17. The quantitative estimate of drug-likeness (QED) is 0.904. The van der Waals surface area contributed by atoms with Gasteiger partial charge in [0.25, 0.3) is 0 Å². The van der Waals surface area contributed by atoms with E-state index in [1.54, 1.807) is 0 Å². The van der Waals surface area contributed by atoms with Crippen LogP contribution in [-0.2, 0) is 26.4 Å². The first kappa shape index (κ1) is 14.1. The minimum absolute atomic E-state index is 0.779. The van der Waals surface area contributed by atoms with Crippen LogP contribution < -0.4 is 5.32 Å². The van der Waals surface area contributed by atoms with E-state index in [9.17, 15) is 0 Å². The second-order valence-corrected chi connectivity index (χ2v) is 5.34. The Bertz CT molecular complexity index is 561. The SMILES string of the molecule is CCc1ccccc1NCc1c(Br)c(CC)nn1C. The predicted octanol–water partition coefficient (Wildman–Crippen LogP) is 3.92. The summed E-state index contributed by atoms with van der Waals surface area (Å²) in [5.41, 5.74) is 4.85. The maximum atomic E-state index is 4.51. The molecule has 1 aromatic carbocycles. The molecule has 1 aromatic heterocycles. The van der Waals surface area contributed by atoms with Crippen molar-refractivity contribution in [2.24, 2.45) is 7.05 Å². The molecule has 4 heteroatoms. The Balaban J connectivity index is 2.17. The minimum atomic E-state index is 0.779. The molecule has 0 unspecified atom stereocenters. The lowest BCUT2D eigenvalue weighted by atomic mass is 10.1. The van der Waals surface area contributed by atoms with Gasteiger partial charge in [-0.3, -0.25) is 4.68 Å². The molecule has 102 valence electrons. The molecule has 0 fully saturated rings. The molecule has 0 bridgehead atoms. The van der Waals surface area contributed by atoms with Crippen LogP contribution >= 0.6 is 15.9 Å². The summed E-state index contributed by atoms with van der Waals surface area (Å²) in [4.78, 5) is 0. The molecule has 19 heavy (non-hydrogen) atoms. The molecule has 0 amide bonds. The number of hydrogen-bond acceptors (Lipinski definition) is 2. The predicted molar refractivity (Wildman–Crippen MR) is 83.4 cm³/mol. The van der Waals surface area contributed by atoms with Crippen molar-refractivity contribution >= 4 is 21.6 Å². The lowest BCUT2D eigenvalue weighted by Crippen LogP contribution is -2.07. The number of anilines is 1. The molecule has 0 saturated carbocycles. The molecule has 0 radical (unpaired) electrons. The number of benzene rings is 1. The standard InChI is InChI=1S/C15H20BrN3/c1-4-11-8-6-7-9-13(11)17-10-14-15(16)12(5-2)18-19(14)3/h6-9,17H,4-5,10H2,1-3H3. The summed E-state index contributed by atoms with van der Waals surface area (Å²) < 4.78 is 3.07. The van der Waals surface area contributed by atoms with E-state index in [0.717, 1.165) is 29.6 Å². The van der Waals surface area contributed by atoms with Crippen molar-refractivity contribution in [3.8, 4) is 0 Å². The van der Waals surface area contributed by atoms with Crippen molar-refractivity contribution in [1.82, 2.24) is 9.78 Å². The summed E-state index contributed by atoms with van der Waals surface area (Å²) in [7, 11) is 1.99. The first-order valence-electron chi connectivity index (χ1n) is 6.69.